The summed E-state index contributed by atoms with van der Waals surface area (Å²) in [5.74, 6) is 1.08. The molecule has 1 rings (SSSR count). The summed E-state index contributed by atoms with van der Waals surface area (Å²) in [4.78, 5) is 0. The largest absolute Gasteiger partial charge is 0.490 e. The summed E-state index contributed by atoms with van der Waals surface area (Å²) in [6.07, 6.45) is 1.42. The van der Waals surface area contributed by atoms with Crippen LogP contribution in [0.15, 0.2) is 17.7 Å². The van der Waals surface area contributed by atoms with Crippen molar-refractivity contribution < 1.29 is 9.47 Å². The van der Waals surface area contributed by atoms with E-state index < -0.39 is 0 Å². The molecule has 0 aliphatic carbocycles. The van der Waals surface area contributed by atoms with Crippen molar-refractivity contribution in [2.45, 2.75) is 13.8 Å². The minimum Gasteiger partial charge on any atom is -0.490 e. The molecule has 98 valence electrons. The van der Waals surface area contributed by atoms with Crippen LogP contribution in [-0.2, 0) is 0 Å². The second-order valence-electron chi connectivity index (χ2n) is 3.47. The highest BCUT2D eigenvalue weighted by Crippen LogP contribution is 2.34. The minimum atomic E-state index is -0.0199. The van der Waals surface area contributed by atoms with E-state index in [2.05, 4.69) is 0 Å². The molecule has 0 fully saturated rings. The van der Waals surface area contributed by atoms with Crippen LogP contribution >= 0.6 is 11.6 Å². The van der Waals surface area contributed by atoms with Crippen LogP contribution in [0.25, 0.3) is 6.08 Å². The van der Waals surface area contributed by atoms with Gasteiger partial charge in [0.05, 0.1) is 18.2 Å². The van der Waals surface area contributed by atoms with E-state index in [1.807, 2.05) is 13.8 Å². The Balaban J connectivity index is 3.29. The van der Waals surface area contributed by atoms with Crippen LogP contribution in [0.4, 0.5) is 0 Å². The van der Waals surface area contributed by atoms with Crippen molar-refractivity contribution >= 4 is 17.7 Å². The van der Waals surface area contributed by atoms with Gasteiger partial charge in [-0.05, 0) is 31.6 Å². The average Bonchev–Trinajstić information content (AvgIpc) is 2.40. The fraction of sp³-hybridized carbons (Fsp3) is 0.286. The molecule has 19 heavy (non-hydrogen) atoms. The number of halogens is 1. The molecule has 0 unspecified atom stereocenters. The zero-order chi connectivity index (χ0) is 14.3. The number of nitriles is 2. The van der Waals surface area contributed by atoms with Crippen molar-refractivity contribution in [3.05, 3.63) is 28.3 Å². The van der Waals surface area contributed by atoms with Crippen LogP contribution in [0, 0.1) is 22.7 Å². The van der Waals surface area contributed by atoms with E-state index in [0.29, 0.717) is 35.3 Å². The monoisotopic (exact) mass is 276 g/mol. The number of ether oxygens (including phenoxy) is 2. The second kappa shape index (κ2) is 7.31. The Morgan fingerprint density at radius 2 is 1.68 bits per heavy atom. The first-order chi connectivity index (χ1) is 9.15. The highest BCUT2D eigenvalue weighted by Gasteiger charge is 2.10. The van der Waals surface area contributed by atoms with Crippen LogP contribution in [-0.4, -0.2) is 13.2 Å². The molecule has 0 bridgehead atoms. The normalized spacial score (nSPS) is 9.11. The molecule has 0 heterocycles. The maximum absolute atomic E-state index is 8.75. The molecule has 4 nitrogen and oxygen atoms in total. The van der Waals surface area contributed by atoms with E-state index in [1.165, 1.54) is 6.08 Å². The predicted octanol–water partition coefficient (Wildman–Crippen LogP) is 3.57. The van der Waals surface area contributed by atoms with Gasteiger partial charge in [0.25, 0.3) is 0 Å². The molecule has 0 N–H and O–H groups in total. The first-order valence-corrected chi connectivity index (χ1v) is 6.15. The molecule has 0 amide bonds. The molecule has 0 aliphatic rings. The number of hydrogen-bond donors (Lipinski definition) is 0. The molecule has 0 aromatic heterocycles. The van der Waals surface area contributed by atoms with E-state index in [1.54, 1.807) is 24.3 Å². The van der Waals surface area contributed by atoms with E-state index in [4.69, 9.17) is 31.6 Å². The van der Waals surface area contributed by atoms with Gasteiger partial charge in [0, 0.05) is 6.07 Å². The van der Waals surface area contributed by atoms with Gasteiger partial charge in [0.2, 0.25) is 0 Å². The summed E-state index contributed by atoms with van der Waals surface area (Å²) in [6, 6.07) is 6.85. The van der Waals surface area contributed by atoms with Crippen molar-refractivity contribution in [1.29, 1.82) is 10.5 Å². The molecule has 0 saturated carbocycles. The Hall–Kier alpha value is -2.17. The first kappa shape index (κ1) is 14.9. The van der Waals surface area contributed by atoms with Gasteiger partial charge in [-0.1, -0.05) is 11.6 Å². The maximum atomic E-state index is 8.75. The van der Waals surface area contributed by atoms with Crippen molar-refractivity contribution in [3.8, 4) is 23.6 Å². The summed E-state index contributed by atoms with van der Waals surface area (Å²) in [5.41, 5.74) is 0.528. The number of allylic oxidation sites excluding steroid dienone is 1. The maximum Gasteiger partial charge on any atom is 0.162 e. The van der Waals surface area contributed by atoms with Crippen molar-refractivity contribution in [2.75, 3.05) is 13.2 Å². The third-order valence-corrected chi connectivity index (χ3v) is 2.53. The fourth-order valence-electron chi connectivity index (χ4n) is 1.44. The average molecular weight is 277 g/mol. The smallest absolute Gasteiger partial charge is 0.162 e. The van der Waals surface area contributed by atoms with Gasteiger partial charge < -0.3 is 9.47 Å². The molecular formula is C14H13ClN2O2. The fourth-order valence-corrected chi connectivity index (χ4v) is 1.65. The SMILES string of the molecule is CCOc1cc(Cl)c(C=C(C#N)C#N)cc1OCC. The van der Waals surface area contributed by atoms with Gasteiger partial charge in [0.15, 0.2) is 11.5 Å². The van der Waals surface area contributed by atoms with Gasteiger partial charge >= 0.3 is 0 Å². The van der Waals surface area contributed by atoms with Gasteiger partial charge in [-0.3, -0.25) is 0 Å². The van der Waals surface area contributed by atoms with Crippen molar-refractivity contribution in [3.63, 3.8) is 0 Å². The number of hydrogen-bond acceptors (Lipinski definition) is 4. The topological polar surface area (TPSA) is 66.0 Å². The molecule has 0 atom stereocenters. The molecule has 1 aromatic carbocycles. The van der Waals surface area contributed by atoms with Crippen LogP contribution in [0.3, 0.4) is 0 Å². The summed E-state index contributed by atoms with van der Waals surface area (Å²) < 4.78 is 10.9. The molecule has 0 radical (unpaired) electrons. The van der Waals surface area contributed by atoms with E-state index in [-0.39, 0.29) is 5.57 Å². The molecule has 0 spiro atoms. The minimum absolute atomic E-state index is 0.0199. The first-order valence-electron chi connectivity index (χ1n) is 5.77. The highest BCUT2D eigenvalue weighted by atomic mass is 35.5. The molecule has 0 aliphatic heterocycles. The molecule has 0 saturated heterocycles. The third-order valence-electron chi connectivity index (χ3n) is 2.20. The van der Waals surface area contributed by atoms with Gasteiger partial charge in [-0.25, -0.2) is 0 Å². The lowest BCUT2D eigenvalue weighted by atomic mass is 10.1. The van der Waals surface area contributed by atoms with Crippen LogP contribution in [0.2, 0.25) is 5.02 Å². The van der Waals surface area contributed by atoms with Gasteiger partial charge in [-0.2, -0.15) is 10.5 Å². The van der Waals surface area contributed by atoms with E-state index >= 15 is 0 Å². The highest BCUT2D eigenvalue weighted by molar-refractivity contribution is 6.32. The van der Waals surface area contributed by atoms with Gasteiger partial charge in [-0.15, -0.1) is 0 Å². The summed E-state index contributed by atoms with van der Waals surface area (Å²) in [5, 5.41) is 17.9. The third kappa shape index (κ3) is 3.91. The standard InChI is InChI=1S/C14H13ClN2O2/c1-3-18-13-6-11(5-10(8-16)9-17)12(15)7-14(13)19-4-2/h5-7H,3-4H2,1-2H3. The number of nitrogens with zero attached hydrogens (tertiary/aromatic N) is 2. The Morgan fingerprint density at radius 3 is 2.16 bits per heavy atom. The summed E-state index contributed by atoms with van der Waals surface area (Å²) in [6.45, 7) is 4.69. The van der Waals surface area contributed by atoms with Crippen molar-refractivity contribution in [1.82, 2.24) is 0 Å². The Kier molecular flexibility index (Phi) is 5.73. The Labute approximate surface area is 117 Å². The Bertz CT molecular complexity index is 552. The quantitative estimate of drug-likeness (QED) is 0.771. The molecule has 5 heteroatoms. The van der Waals surface area contributed by atoms with Crippen molar-refractivity contribution in [2.24, 2.45) is 0 Å². The van der Waals surface area contributed by atoms with Crippen LogP contribution < -0.4 is 9.47 Å². The van der Waals surface area contributed by atoms with Gasteiger partial charge in [0.1, 0.15) is 17.7 Å². The lowest BCUT2D eigenvalue weighted by molar-refractivity contribution is 0.288. The molecule has 1 aromatic rings. The summed E-state index contributed by atoms with van der Waals surface area (Å²) >= 11 is 6.10. The lowest BCUT2D eigenvalue weighted by Gasteiger charge is -2.12. The van der Waals surface area contributed by atoms with E-state index in [0.717, 1.165) is 0 Å². The van der Waals surface area contributed by atoms with Crippen LogP contribution in [0.1, 0.15) is 19.4 Å². The van der Waals surface area contributed by atoms with Crippen LogP contribution in [0.5, 0.6) is 11.5 Å². The zero-order valence-corrected chi connectivity index (χ0v) is 11.5. The Morgan fingerprint density at radius 1 is 1.16 bits per heavy atom. The van der Waals surface area contributed by atoms with E-state index in [9.17, 15) is 0 Å². The molecular weight excluding hydrogens is 264 g/mol. The second-order valence-corrected chi connectivity index (χ2v) is 3.88. The summed E-state index contributed by atoms with van der Waals surface area (Å²) in [7, 11) is 0. The number of benzene rings is 1. The predicted molar refractivity (Wildman–Crippen MR) is 73.0 cm³/mol. The zero-order valence-electron chi connectivity index (χ0n) is 10.7. The lowest BCUT2D eigenvalue weighted by Crippen LogP contribution is -1.99. The number of rotatable bonds is 5.